The lowest BCUT2D eigenvalue weighted by Gasteiger charge is -2.39. The molecule has 0 radical (unpaired) electrons. The maximum atomic E-state index is 12.5. The summed E-state index contributed by atoms with van der Waals surface area (Å²) in [5.74, 6) is -0.161. The van der Waals surface area contributed by atoms with E-state index in [1.54, 1.807) is 24.5 Å². The van der Waals surface area contributed by atoms with E-state index in [1.165, 1.54) is 16.3 Å². The van der Waals surface area contributed by atoms with E-state index in [0.29, 0.717) is 18.5 Å². The minimum absolute atomic E-state index is 0.00661. The molecular formula is C38H39N3O4. The summed E-state index contributed by atoms with van der Waals surface area (Å²) in [6, 6.07) is 34.8. The van der Waals surface area contributed by atoms with Gasteiger partial charge in [0.1, 0.15) is 0 Å². The van der Waals surface area contributed by atoms with Gasteiger partial charge in [-0.3, -0.25) is 14.7 Å². The molecule has 45 heavy (non-hydrogen) atoms. The first-order valence-corrected chi connectivity index (χ1v) is 15.4. The molecule has 0 aliphatic carbocycles. The molecule has 5 aromatic rings. The van der Waals surface area contributed by atoms with Crippen LogP contribution in [0.25, 0.3) is 10.8 Å². The third-order valence-electron chi connectivity index (χ3n) is 8.65. The van der Waals surface area contributed by atoms with E-state index in [2.05, 4.69) is 71.6 Å². The van der Waals surface area contributed by atoms with Crippen molar-refractivity contribution in [2.24, 2.45) is 0 Å². The summed E-state index contributed by atoms with van der Waals surface area (Å²) in [6.07, 6.45) is 3.13. The molecular weight excluding hydrogens is 562 g/mol. The van der Waals surface area contributed by atoms with Gasteiger partial charge >= 0.3 is 0 Å². The number of hydrogen-bond donors (Lipinski definition) is 2. The molecule has 6 rings (SSSR count). The second-order valence-electron chi connectivity index (χ2n) is 11.7. The first kappa shape index (κ1) is 30.6. The number of aromatic nitrogens is 1. The highest BCUT2D eigenvalue weighted by molar-refractivity contribution is 5.93. The Bertz CT molecular complexity index is 1710. The van der Waals surface area contributed by atoms with Crippen LogP contribution in [0.15, 0.2) is 116 Å². The smallest absolute Gasteiger partial charge is 0.253 e. The highest BCUT2D eigenvalue weighted by Gasteiger charge is 2.33. The number of benzene rings is 4. The molecule has 4 atom stereocenters. The van der Waals surface area contributed by atoms with Gasteiger partial charge in [0.2, 0.25) is 0 Å². The summed E-state index contributed by atoms with van der Waals surface area (Å²) in [4.78, 5) is 18.8. The number of carbonyl (C=O) groups excluding carboxylic acids is 1. The van der Waals surface area contributed by atoms with Gasteiger partial charge in [0.25, 0.3) is 5.91 Å². The topological polar surface area (TPSA) is 83.9 Å². The fourth-order valence-corrected chi connectivity index (χ4v) is 5.81. The molecule has 0 bridgehead atoms. The quantitative estimate of drug-likeness (QED) is 0.181. The fourth-order valence-electron chi connectivity index (χ4n) is 5.81. The van der Waals surface area contributed by atoms with E-state index in [9.17, 15) is 9.90 Å². The number of likely N-dealkylation sites (N-methyl/N-ethyl adjacent to an activating group) is 1. The molecule has 1 aromatic heterocycles. The number of rotatable bonds is 10. The van der Waals surface area contributed by atoms with Crippen LogP contribution in [0.1, 0.15) is 70.0 Å². The van der Waals surface area contributed by atoms with Crippen molar-refractivity contribution in [2.45, 2.75) is 51.0 Å². The van der Waals surface area contributed by atoms with Gasteiger partial charge in [-0.2, -0.15) is 0 Å². The predicted octanol–water partition coefficient (Wildman–Crippen LogP) is 6.90. The Kier molecular flexibility index (Phi) is 9.62. The second kappa shape index (κ2) is 14.1. The molecule has 230 valence electrons. The number of carbonyl (C=O) groups is 1. The Morgan fingerprint density at radius 1 is 0.911 bits per heavy atom. The van der Waals surface area contributed by atoms with Crippen LogP contribution >= 0.6 is 0 Å². The van der Waals surface area contributed by atoms with Crippen molar-refractivity contribution in [3.63, 3.8) is 0 Å². The SMILES string of the molecule is C[C@H](c1ccc2ccccc2c1)N(C)C[C@H]1C[C@@H](c2ccc(CO)cc2)O[C@@H](c2ccc(CNC(=O)c3cccnc3)cc2)O1. The molecule has 1 aliphatic heterocycles. The number of aliphatic hydroxyl groups excluding tert-OH is 1. The first-order valence-electron chi connectivity index (χ1n) is 15.4. The van der Waals surface area contributed by atoms with Gasteiger partial charge in [-0.15, -0.1) is 0 Å². The van der Waals surface area contributed by atoms with Crippen LogP contribution < -0.4 is 5.32 Å². The average molecular weight is 602 g/mol. The zero-order valence-electron chi connectivity index (χ0n) is 25.7. The summed E-state index contributed by atoms with van der Waals surface area (Å²) in [6.45, 7) is 3.38. The van der Waals surface area contributed by atoms with Crippen molar-refractivity contribution in [3.8, 4) is 0 Å². The second-order valence-corrected chi connectivity index (χ2v) is 11.7. The van der Waals surface area contributed by atoms with Gasteiger partial charge in [-0.1, -0.05) is 84.9 Å². The van der Waals surface area contributed by atoms with Crippen LogP contribution in [0, 0.1) is 0 Å². The van der Waals surface area contributed by atoms with Crippen LogP contribution in [0.4, 0.5) is 0 Å². The van der Waals surface area contributed by atoms with Crippen molar-refractivity contribution in [1.82, 2.24) is 15.2 Å². The molecule has 7 heteroatoms. The lowest BCUT2D eigenvalue weighted by atomic mass is 9.98. The molecule has 0 saturated carbocycles. The van der Waals surface area contributed by atoms with E-state index in [0.717, 1.165) is 28.8 Å². The van der Waals surface area contributed by atoms with Crippen LogP contribution in [-0.2, 0) is 22.6 Å². The molecule has 1 amide bonds. The number of pyridine rings is 1. The number of aliphatic hydroxyl groups is 1. The Balaban J connectivity index is 1.16. The molecule has 1 aliphatic rings. The number of ether oxygens (including phenoxy) is 2. The number of amides is 1. The van der Waals surface area contributed by atoms with Gasteiger partial charge in [0, 0.05) is 43.5 Å². The fraction of sp³-hybridized carbons (Fsp3) is 0.263. The Labute approximate surface area is 264 Å². The Morgan fingerprint density at radius 2 is 1.64 bits per heavy atom. The summed E-state index contributed by atoms with van der Waals surface area (Å²) < 4.78 is 13.2. The summed E-state index contributed by atoms with van der Waals surface area (Å²) in [5, 5.41) is 15.0. The predicted molar refractivity (Wildman–Crippen MR) is 175 cm³/mol. The lowest BCUT2D eigenvalue weighted by molar-refractivity contribution is -0.253. The molecule has 7 nitrogen and oxygen atoms in total. The van der Waals surface area contributed by atoms with Crippen molar-refractivity contribution in [2.75, 3.05) is 13.6 Å². The van der Waals surface area contributed by atoms with Crippen molar-refractivity contribution < 1.29 is 19.4 Å². The Hall–Kier alpha value is -4.40. The zero-order valence-corrected chi connectivity index (χ0v) is 25.7. The number of nitrogens with one attached hydrogen (secondary N) is 1. The molecule has 0 spiro atoms. The van der Waals surface area contributed by atoms with Crippen LogP contribution in [0.3, 0.4) is 0 Å². The van der Waals surface area contributed by atoms with Gasteiger partial charge in [0.05, 0.1) is 24.4 Å². The summed E-state index contributed by atoms with van der Waals surface area (Å²) in [5.41, 5.74) is 5.62. The van der Waals surface area contributed by atoms with E-state index in [1.807, 2.05) is 48.5 Å². The maximum absolute atomic E-state index is 12.5. The first-order chi connectivity index (χ1) is 22.0. The van der Waals surface area contributed by atoms with Crippen molar-refractivity contribution >= 4 is 16.7 Å². The largest absolute Gasteiger partial charge is 0.392 e. The van der Waals surface area contributed by atoms with Gasteiger partial charge in [0.15, 0.2) is 6.29 Å². The highest BCUT2D eigenvalue weighted by atomic mass is 16.7. The van der Waals surface area contributed by atoms with Gasteiger partial charge in [-0.05, 0) is 65.2 Å². The average Bonchev–Trinajstić information content (AvgIpc) is 3.10. The monoisotopic (exact) mass is 601 g/mol. The van der Waals surface area contributed by atoms with Crippen LogP contribution in [0.2, 0.25) is 0 Å². The van der Waals surface area contributed by atoms with Gasteiger partial charge < -0.3 is 19.9 Å². The van der Waals surface area contributed by atoms with E-state index >= 15 is 0 Å². The van der Waals surface area contributed by atoms with Crippen LogP contribution in [-0.4, -0.2) is 40.6 Å². The molecule has 2 N–H and O–H groups in total. The highest BCUT2D eigenvalue weighted by Crippen LogP contribution is 2.38. The van der Waals surface area contributed by atoms with E-state index in [4.69, 9.17) is 9.47 Å². The Morgan fingerprint density at radius 3 is 2.38 bits per heavy atom. The number of nitrogens with zero attached hydrogens (tertiary/aromatic N) is 2. The standard InChI is InChI=1S/C38H39N3O4/c1-26(32-18-17-29-6-3-4-7-33(29)20-32)41(2)24-35-21-36(30-13-11-28(25-42)12-14-30)45-38(44-35)31-15-9-27(10-16-31)22-40-37(43)34-8-5-19-39-23-34/h3-20,23,26,35-36,38,42H,21-22,24-25H2,1-2H3,(H,40,43)/t26-,35-,36+,38+/m1/s1. The third kappa shape index (κ3) is 7.47. The van der Waals surface area contributed by atoms with Gasteiger partial charge in [-0.25, -0.2) is 0 Å². The summed E-state index contributed by atoms with van der Waals surface area (Å²) >= 11 is 0. The van der Waals surface area contributed by atoms with Crippen molar-refractivity contribution in [3.05, 3.63) is 149 Å². The zero-order chi connectivity index (χ0) is 31.2. The summed E-state index contributed by atoms with van der Waals surface area (Å²) in [7, 11) is 2.15. The molecule has 4 aromatic carbocycles. The minimum Gasteiger partial charge on any atom is -0.392 e. The van der Waals surface area contributed by atoms with E-state index in [-0.39, 0.29) is 30.8 Å². The lowest BCUT2D eigenvalue weighted by Crippen LogP contribution is -2.38. The molecule has 1 fully saturated rings. The maximum Gasteiger partial charge on any atom is 0.253 e. The van der Waals surface area contributed by atoms with Crippen molar-refractivity contribution in [1.29, 1.82) is 0 Å². The molecule has 0 unspecified atom stereocenters. The molecule has 1 saturated heterocycles. The van der Waals surface area contributed by atoms with Crippen LogP contribution in [0.5, 0.6) is 0 Å². The third-order valence-corrected chi connectivity index (χ3v) is 8.65. The molecule has 2 heterocycles. The minimum atomic E-state index is -0.547. The van der Waals surface area contributed by atoms with E-state index < -0.39 is 6.29 Å². The number of hydrogen-bond acceptors (Lipinski definition) is 6. The normalized spacial score (nSPS) is 19.0. The number of fused-ring (bicyclic) bond motifs is 1.